The zero-order valence-electron chi connectivity index (χ0n) is 12.2. The Morgan fingerprint density at radius 2 is 1.79 bits per heavy atom. The predicted octanol–water partition coefficient (Wildman–Crippen LogP) is 4.84. The van der Waals surface area contributed by atoms with Gasteiger partial charge in [0, 0.05) is 12.1 Å². The Labute approximate surface area is 116 Å². The van der Waals surface area contributed by atoms with Gasteiger partial charge in [0.05, 0.1) is 0 Å². The molecule has 0 heterocycles. The van der Waals surface area contributed by atoms with Crippen LogP contribution in [-0.4, -0.2) is 6.04 Å². The fourth-order valence-corrected chi connectivity index (χ4v) is 3.21. The van der Waals surface area contributed by atoms with Crippen LogP contribution in [0.15, 0.2) is 24.3 Å². The van der Waals surface area contributed by atoms with E-state index in [9.17, 15) is 4.39 Å². The molecule has 19 heavy (non-hydrogen) atoms. The van der Waals surface area contributed by atoms with Gasteiger partial charge < -0.3 is 5.32 Å². The quantitative estimate of drug-likeness (QED) is 0.767. The molecular formula is C17H26FN. The van der Waals surface area contributed by atoms with Crippen molar-refractivity contribution in [1.82, 2.24) is 5.32 Å². The zero-order chi connectivity index (χ0) is 13.7. The molecule has 0 spiro atoms. The van der Waals surface area contributed by atoms with Crippen molar-refractivity contribution in [2.45, 2.75) is 64.5 Å². The molecule has 0 aliphatic heterocycles. The molecule has 106 valence electrons. The molecular weight excluding hydrogens is 237 g/mol. The molecule has 0 aromatic heterocycles. The van der Waals surface area contributed by atoms with Crippen LogP contribution in [0.5, 0.6) is 0 Å². The third-order valence-corrected chi connectivity index (χ3v) is 4.47. The minimum Gasteiger partial charge on any atom is -0.307 e. The van der Waals surface area contributed by atoms with E-state index >= 15 is 0 Å². The van der Waals surface area contributed by atoms with E-state index in [1.54, 1.807) is 12.1 Å². The maximum atomic E-state index is 13.2. The van der Waals surface area contributed by atoms with Gasteiger partial charge in [0.15, 0.2) is 0 Å². The molecule has 1 aliphatic carbocycles. The van der Waals surface area contributed by atoms with Crippen molar-refractivity contribution in [3.63, 3.8) is 0 Å². The van der Waals surface area contributed by atoms with Crippen LogP contribution in [-0.2, 0) is 0 Å². The summed E-state index contributed by atoms with van der Waals surface area (Å²) in [5.41, 5.74) is 1.04. The second kappa shape index (κ2) is 7.04. The normalized spacial score (nSPS) is 20.8. The lowest BCUT2D eigenvalue weighted by Gasteiger charge is -2.27. The van der Waals surface area contributed by atoms with Crippen LogP contribution in [0, 0.1) is 11.7 Å². The molecule has 2 heteroatoms. The average Bonchev–Trinajstić information content (AvgIpc) is 2.67. The van der Waals surface area contributed by atoms with Crippen LogP contribution in [0.1, 0.15) is 64.0 Å². The molecule has 1 aliphatic rings. The SMILES string of the molecule is CC(N[C@@H](C)C1CCCCCC1)c1cccc(F)c1. The first kappa shape index (κ1) is 14.5. The van der Waals surface area contributed by atoms with Gasteiger partial charge in [-0.2, -0.15) is 0 Å². The van der Waals surface area contributed by atoms with Gasteiger partial charge in [-0.25, -0.2) is 4.39 Å². The van der Waals surface area contributed by atoms with Gasteiger partial charge >= 0.3 is 0 Å². The van der Waals surface area contributed by atoms with Gasteiger partial charge in [0.25, 0.3) is 0 Å². The summed E-state index contributed by atoms with van der Waals surface area (Å²) in [6, 6.07) is 7.66. The van der Waals surface area contributed by atoms with Crippen molar-refractivity contribution in [3.05, 3.63) is 35.6 Å². The summed E-state index contributed by atoms with van der Waals surface area (Å²) in [7, 11) is 0. The van der Waals surface area contributed by atoms with Crippen LogP contribution < -0.4 is 5.32 Å². The Morgan fingerprint density at radius 3 is 2.42 bits per heavy atom. The van der Waals surface area contributed by atoms with Gasteiger partial charge in [-0.15, -0.1) is 0 Å². The summed E-state index contributed by atoms with van der Waals surface area (Å²) >= 11 is 0. The van der Waals surface area contributed by atoms with E-state index in [2.05, 4.69) is 19.2 Å². The van der Waals surface area contributed by atoms with Crippen LogP contribution >= 0.6 is 0 Å². The smallest absolute Gasteiger partial charge is 0.123 e. The fraction of sp³-hybridized carbons (Fsp3) is 0.647. The van der Waals surface area contributed by atoms with Crippen molar-refractivity contribution >= 4 is 0 Å². The highest BCUT2D eigenvalue weighted by molar-refractivity contribution is 5.19. The van der Waals surface area contributed by atoms with Crippen molar-refractivity contribution in [2.24, 2.45) is 5.92 Å². The lowest BCUT2D eigenvalue weighted by atomic mass is 9.92. The standard InChI is InChI=1S/C17H26FN/c1-13(15-8-5-3-4-6-9-15)19-14(2)16-10-7-11-17(18)12-16/h7,10-15,19H,3-6,8-9H2,1-2H3/t13-,14?/m0/s1. The van der Waals surface area contributed by atoms with Crippen molar-refractivity contribution in [2.75, 3.05) is 0 Å². The van der Waals surface area contributed by atoms with E-state index < -0.39 is 0 Å². The van der Waals surface area contributed by atoms with Gasteiger partial charge in [-0.1, -0.05) is 37.8 Å². The molecule has 2 rings (SSSR count). The van der Waals surface area contributed by atoms with Crippen LogP contribution in [0.2, 0.25) is 0 Å². The summed E-state index contributed by atoms with van der Waals surface area (Å²) in [5, 5.41) is 3.65. The number of rotatable bonds is 4. The molecule has 1 unspecified atom stereocenters. The molecule has 2 atom stereocenters. The van der Waals surface area contributed by atoms with Crippen molar-refractivity contribution in [3.8, 4) is 0 Å². The van der Waals surface area contributed by atoms with Crippen molar-refractivity contribution < 1.29 is 4.39 Å². The largest absolute Gasteiger partial charge is 0.307 e. The highest BCUT2D eigenvalue weighted by Gasteiger charge is 2.20. The minimum absolute atomic E-state index is 0.145. The number of benzene rings is 1. The van der Waals surface area contributed by atoms with Gasteiger partial charge in [0.2, 0.25) is 0 Å². The number of hydrogen-bond donors (Lipinski definition) is 1. The monoisotopic (exact) mass is 263 g/mol. The van der Waals surface area contributed by atoms with E-state index in [4.69, 9.17) is 0 Å². The molecule has 0 amide bonds. The first-order valence-electron chi connectivity index (χ1n) is 7.68. The van der Waals surface area contributed by atoms with Crippen LogP contribution in [0.4, 0.5) is 4.39 Å². The summed E-state index contributed by atoms with van der Waals surface area (Å²) < 4.78 is 13.2. The lowest BCUT2D eigenvalue weighted by molar-refractivity contribution is 0.316. The maximum absolute atomic E-state index is 13.2. The first-order chi connectivity index (χ1) is 9.16. The number of nitrogens with one attached hydrogen (secondary N) is 1. The van der Waals surface area contributed by atoms with Crippen molar-refractivity contribution in [1.29, 1.82) is 0 Å². The molecule has 0 radical (unpaired) electrons. The van der Waals surface area contributed by atoms with Gasteiger partial charge in [-0.05, 0) is 50.3 Å². The number of halogens is 1. The summed E-state index contributed by atoms with van der Waals surface area (Å²) in [5.74, 6) is 0.631. The Hall–Kier alpha value is -0.890. The summed E-state index contributed by atoms with van der Waals surface area (Å²) in [4.78, 5) is 0. The van der Waals surface area contributed by atoms with Crippen LogP contribution in [0.3, 0.4) is 0 Å². The molecule has 1 aromatic rings. The Kier molecular flexibility index (Phi) is 5.38. The Bertz CT molecular complexity index is 383. The molecule has 1 nitrogen and oxygen atoms in total. The molecule has 1 saturated carbocycles. The van der Waals surface area contributed by atoms with E-state index in [1.807, 2.05) is 6.07 Å². The molecule has 1 aromatic carbocycles. The predicted molar refractivity (Wildman–Crippen MR) is 78.6 cm³/mol. The zero-order valence-corrected chi connectivity index (χ0v) is 12.2. The highest BCUT2D eigenvalue weighted by Crippen LogP contribution is 2.27. The molecule has 1 fully saturated rings. The molecule has 1 N–H and O–H groups in total. The van der Waals surface area contributed by atoms with Crippen LogP contribution in [0.25, 0.3) is 0 Å². The topological polar surface area (TPSA) is 12.0 Å². The Morgan fingerprint density at radius 1 is 1.11 bits per heavy atom. The fourth-order valence-electron chi connectivity index (χ4n) is 3.21. The minimum atomic E-state index is -0.145. The second-order valence-corrected chi connectivity index (χ2v) is 5.98. The van der Waals surface area contributed by atoms with Gasteiger partial charge in [0.1, 0.15) is 5.82 Å². The third kappa shape index (κ3) is 4.31. The summed E-state index contributed by atoms with van der Waals surface area (Å²) in [6.07, 6.45) is 8.19. The summed E-state index contributed by atoms with van der Waals surface area (Å²) in [6.45, 7) is 4.41. The number of hydrogen-bond acceptors (Lipinski definition) is 1. The average molecular weight is 263 g/mol. The van der Waals surface area contributed by atoms with E-state index in [1.165, 1.54) is 44.6 Å². The van der Waals surface area contributed by atoms with E-state index in [0.29, 0.717) is 6.04 Å². The van der Waals surface area contributed by atoms with Gasteiger partial charge in [-0.3, -0.25) is 0 Å². The third-order valence-electron chi connectivity index (χ3n) is 4.47. The lowest BCUT2D eigenvalue weighted by Crippen LogP contribution is -2.35. The maximum Gasteiger partial charge on any atom is 0.123 e. The highest BCUT2D eigenvalue weighted by atomic mass is 19.1. The first-order valence-corrected chi connectivity index (χ1v) is 7.68. The second-order valence-electron chi connectivity index (χ2n) is 5.98. The van der Waals surface area contributed by atoms with E-state index in [-0.39, 0.29) is 11.9 Å². The molecule has 0 bridgehead atoms. The van der Waals surface area contributed by atoms with E-state index in [0.717, 1.165) is 11.5 Å². The molecule has 0 saturated heterocycles. The Balaban J connectivity index is 1.92.